The van der Waals surface area contributed by atoms with Crippen LogP contribution in [-0.2, 0) is 10.1 Å². The van der Waals surface area contributed by atoms with Gasteiger partial charge in [0, 0.05) is 0 Å². The predicted molar refractivity (Wildman–Crippen MR) is 83.5 cm³/mol. The van der Waals surface area contributed by atoms with Crippen LogP contribution in [0.2, 0.25) is 0 Å². The Morgan fingerprint density at radius 3 is 1.75 bits per heavy atom. The Kier molecular flexibility index (Phi) is 11.4. The first-order chi connectivity index (χ1) is 9.38. The van der Waals surface area contributed by atoms with Gasteiger partial charge in [0.2, 0.25) is 0 Å². The summed E-state index contributed by atoms with van der Waals surface area (Å²) < 4.78 is 31.7. The van der Waals surface area contributed by atoms with Gasteiger partial charge in [0.1, 0.15) is 0 Å². The van der Waals surface area contributed by atoms with Crippen LogP contribution >= 0.6 is 0 Å². The first-order valence-corrected chi connectivity index (χ1v) is 9.52. The van der Waals surface area contributed by atoms with E-state index in [1.165, 1.54) is 0 Å². The monoisotopic (exact) mass is 308 g/mol. The van der Waals surface area contributed by atoms with Gasteiger partial charge in [0.05, 0.1) is 11.4 Å². The quantitative estimate of drug-likeness (QED) is 0.399. The summed E-state index contributed by atoms with van der Waals surface area (Å²) in [4.78, 5) is 0. The molecule has 122 valence electrons. The average molecular weight is 308 g/mol. The average Bonchev–Trinajstić information content (AvgIpc) is 2.34. The molecule has 0 aromatic heterocycles. The fraction of sp³-hybridized carbons (Fsp3) is 1.00. The maximum absolute atomic E-state index is 11.2. The number of aliphatic hydroxyl groups is 1. The third-order valence-electron chi connectivity index (χ3n) is 3.70. The highest BCUT2D eigenvalue weighted by atomic mass is 32.2. The van der Waals surface area contributed by atoms with E-state index < -0.39 is 15.4 Å². The third-order valence-corrected chi connectivity index (χ3v) is 5.01. The van der Waals surface area contributed by atoms with Gasteiger partial charge in [-0.2, -0.15) is 8.42 Å². The van der Waals surface area contributed by atoms with Gasteiger partial charge in [-0.25, -0.2) is 0 Å². The Bertz CT molecular complexity index is 312. The maximum Gasteiger partial charge on any atom is 0.267 e. The lowest BCUT2D eigenvalue weighted by Gasteiger charge is -2.13. The lowest BCUT2D eigenvalue weighted by molar-refractivity contribution is 0.180. The Morgan fingerprint density at radius 2 is 1.30 bits per heavy atom. The lowest BCUT2D eigenvalue weighted by atomic mass is 10.0. The molecule has 0 spiro atoms. The van der Waals surface area contributed by atoms with Crippen LogP contribution in [0.1, 0.15) is 84.5 Å². The van der Waals surface area contributed by atoms with E-state index in [4.69, 9.17) is 5.11 Å². The standard InChI is InChI=1S/C15H32O4S/c1-3-4-12-15(20(17,18)19)13-10-8-6-5-7-9-11-14(2)16/h14-16H,3-13H2,1-2H3,(H,17,18,19). The molecule has 0 saturated heterocycles. The molecule has 0 bridgehead atoms. The molecule has 0 aromatic carbocycles. The van der Waals surface area contributed by atoms with Gasteiger partial charge in [-0.15, -0.1) is 0 Å². The summed E-state index contributed by atoms with van der Waals surface area (Å²) in [6.45, 7) is 3.83. The second-order valence-corrected chi connectivity index (χ2v) is 7.52. The van der Waals surface area contributed by atoms with E-state index >= 15 is 0 Å². The molecule has 2 N–H and O–H groups in total. The molecule has 0 aliphatic rings. The maximum atomic E-state index is 11.2. The number of hydrogen-bond acceptors (Lipinski definition) is 3. The van der Waals surface area contributed by atoms with Crippen molar-refractivity contribution in [3.63, 3.8) is 0 Å². The Morgan fingerprint density at radius 1 is 0.850 bits per heavy atom. The fourth-order valence-corrected chi connectivity index (χ4v) is 3.32. The molecule has 0 fully saturated rings. The normalized spacial score (nSPS) is 15.2. The van der Waals surface area contributed by atoms with Gasteiger partial charge in [-0.05, 0) is 26.2 Å². The Labute approximate surface area is 124 Å². The van der Waals surface area contributed by atoms with E-state index in [1.54, 1.807) is 0 Å². The third kappa shape index (κ3) is 11.7. The van der Waals surface area contributed by atoms with Crippen molar-refractivity contribution in [1.29, 1.82) is 0 Å². The fourth-order valence-electron chi connectivity index (χ4n) is 2.39. The Balaban J connectivity index is 3.64. The van der Waals surface area contributed by atoms with Crippen LogP contribution in [0.25, 0.3) is 0 Å². The summed E-state index contributed by atoms with van der Waals surface area (Å²) in [7, 11) is -3.88. The zero-order chi connectivity index (χ0) is 15.4. The smallest absolute Gasteiger partial charge is 0.267 e. The molecular formula is C15H32O4S. The summed E-state index contributed by atoms with van der Waals surface area (Å²) in [6, 6.07) is 0. The van der Waals surface area contributed by atoms with Crippen molar-refractivity contribution in [2.75, 3.05) is 0 Å². The summed E-state index contributed by atoms with van der Waals surface area (Å²) in [5.41, 5.74) is 0. The molecule has 0 radical (unpaired) electrons. The van der Waals surface area contributed by atoms with Gasteiger partial charge in [0.15, 0.2) is 0 Å². The molecule has 20 heavy (non-hydrogen) atoms. The number of hydrogen-bond donors (Lipinski definition) is 2. The summed E-state index contributed by atoms with van der Waals surface area (Å²) in [5, 5.41) is 8.55. The highest BCUT2D eigenvalue weighted by Gasteiger charge is 2.21. The molecule has 0 rings (SSSR count). The second kappa shape index (κ2) is 11.5. The number of unbranched alkanes of at least 4 members (excludes halogenated alkanes) is 6. The molecule has 2 atom stereocenters. The van der Waals surface area contributed by atoms with E-state index in [2.05, 4.69) is 0 Å². The molecule has 0 amide bonds. The minimum Gasteiger partial charge on any atom is -0.393 e. The van der Waals surface area contributed by atoms with E-state index in [-0.39, 0.29) is 6.10 Å². The molecule has 2 unspecified atom stereocenters. The van der Waals surface area contributed by atoms with E-state index in [1.807, 2.05) is 13.8 Å². The summed E-state index contributed by atoms with van der Waals surface area (Å²) >= 11 is 0. The van der Waals surface area contributed by atoms with Crippen LogP contribution in [-0.4, -0.2) is 29.4 Å². The molecule has 5 heteroatoms. The SMILES string of the molecule is CCCCC(CCCCCCCCC(C)O)S(=O)(=O)O. The molecule has 0 aliphatic heterocycles. The van der Waals surface area contributed by atoms with Gasteiger partial charge in [-0.3, -0.25) is 4.55 Å². The van der Waals surface area contributed by atoms with Crippen LogP contribution in [0, 0.1) is 0 Å². The molecule has 0 heterocycles. The number of aliphatic hydroxyl groups excluding tert-OH is 1. The van der Waals surface area contributed by atoms with Crippen LogP contribution in [0.3, 0.4) is 0 Å². The van der Waals surface area contributed by atoms with Gasteiger partial charge >= 0.3 is 0 Å². The highest BCUT2D eigenvalue weighted by molar-refractivity contribution is 7.86. The highest BCUT2D eigenvalue weighted by Crippen LogP contribution is 2.18. The minimum atomic E-state index is -3.88. The van der Waals surface area contributed by atoms with Gasteiger partial charge in [0.25, 0.3) is 10.1 Å². The molecule has 0 aliphatic carbocycles. The molecular weight excluding hydrogens is 276 g/mol. The first kappa shape index (κ1) is 19.9. The molecule has 0 aromatic rings. The van der Waals surface area contributed by atoms with Crippen molar-refractivity contribution in [2.24, 2.45) is 0 Å². The zero-order valence-corrected chi connectivity index (χ0v) is 13.9. The van der Waals surface area contributed by atoms with Crippen molar-refractivity contribution >= 4 is 10.1 Å². The summed E-state index contributed by atoms with van der Waals surface area (Å²) in [6.07, 6.45) is 9.92. The van der Waals surface area contributed by atoms with E-state index in [9.17, 15) is 13.0 Å². The minimum absolute atomic E-state index is 0.205. The van der Waals surface area contributed by atoms with Crippen LogP contribution in [0.5, 0.6) is 0 Å². The lowest BCUT2D eigenvalue weighted by Crippen LogP contribution is -2.20. The van der Waals surface area contributed by atoms with Crippen molar-refractivity contribution in [3.8, 4) is 0 Å². The molecule has 4 nitrogen and oxygen atoms in total. The largest absolute Gasteiger partial charge is 0.393 e. The summed E-state index contributed by atoms with van der Waals surface area (Å²) in [5.74, 6) is 0. The van der Waals surface area contributed by atoms with Crippen molar-refractivity contribution in [1.82, 2.24) is 0 Å². The van der Waals surface area contributed by atoms with Gasteiger partial charge < -0.3 is 5.11 Å². The topological polar surface area (TPSA) is 74.6 Å². The molecule has 0 saturated carbocycles. The van der Waals surface area contributed by atoms with Crippen LogP contribution in [0.4, 0.5) is 0 Å². The number of rotatable bonds is 13. The van der Waals surface area contributed by atoms with Crippen LogP contribution in [0.15, 0.2) is 0 Å². The second-order valence-electron chi connectivity index (χ2n) is 5.83. The van der Waals surface area contributed by atoms with E-state index in [0.717, 1.165) is 57.8 Å². The predicted octanol–water partition coefficient (Wildman–Crippen LogP) is 3.93. The van der Waals surface area contributed by atoms with Gasteiger partial charge in [-0.1, -0.05) is 58.3 Å². The zero-order valence-electron chi connectivity index (χ0n) is 13.1. The van der Waals surface area contributed by atoms with E-state index in [0.29, 0.717) is 12.8 Å². The van der Waals surface area contributed by atoms with Crippen molar-refractivity contribution < 1.29 is 18.1 Å². The first-order valence-electron chi connectivity index (χ1n) is 8.02. The van der Waals surface area contributed by atoms with Crippen LogP contribution < -0.4 is 0 Å². The van der Waals surface area contributed by atoms with Crippen molar-refractivity contribution in [2.45, 2.75) is 95.8 Å². The Hall–Kier alpha value is -0.130. The van der Waals surface area contributed by atoms with Crippen molar-refractivity contribution in [3.05, 3.63) is 0 Å².